The zero-order chi connectivity index (χ0) is 17.7. The van der Waals surface area contributed by atoms with E-state index in [0.29, 0.717) is 5.41 Å². The molecule has 0 amide bonds. The van der Waals surface area contributed by atoms with Crippen molar-refractivity contribution in [3.05, 3.63) is 65.2 Å². The quantitative estimate of drug-likeness (QED) is 0.772. The van der Waals surface area contributed by atoms with Crippen LogP contribution in [-0.2, 0) is 26.3 Å². The van der Waals surface area contributed by atoms with Crippen molar-refractivity contribution in [2.45, 2.75) is 30.3 Å². The van der Waals surface area contributed by atoms with E-state index in [-0.39, 0.29) is 11.5 Å². The molecule has 0 unspecified atom stereocenters. The van der Waals surface area contributed by atoms with E-state index in [1.54, 1.807) is 24.3 Å². The van der Waals surface area contributed by atoms with E-state index < -0.39 is 10.1 Å². The van der Waals surface area contributed by atoms with Gasteiger partial charge in [0.05, 0.1) is 11.5 Å². The summed E-state index contributed by atoms with van der Waals surface area (Å²) < 4.78 is 29.7. The second-order valence-electron chi connectivity index (χ2n) is 7.48. The molecule has 1 heterocycles. The normalized spacial score (nSPS) is 25.8. The lowest BCUT2D eigenvalue weighted by atomic mass is 9.94. The zero-order valence-corrected chi connectivity index (χ0v) is 15.4. The Bertz CT molecular complexity index is 874. The molecule has 2 fully saturated rings. The van der Waals surface area contributed by atoms with Gasteiger partial charge >= 0.3 is 0 Å². The average Bonchev–Trinajstić information content (AvgIpc) is 3.16. The van der Waals surface area contributed by atoms with Crippen LogP contribution in [-0.4, -0.2) is 33.5 Å². The summed E-state index contributed by atoms with van der Waals surface area (Å²) >= 11 is 0. The lowest BCUT2D eigenvalue weighted by molar-refractivity contribution is 0.308. The first kappa shape index (κ1) is 16.8. The number of hydrogen-bond donors (Lipinski definition) is 0. The Morgan fingerprint density at radius 1 is 1.12 bits per heavy atom. The van der Waals surface area contributed by atoms with Crippen molar-refractivity contribution >= 4 is 10.1 Å². The Balaban J connectivity index is 1.43. The Morgan fingerprint density at radius 3 is 2.40 bits per heavy atom. The number of aryl methyl sites for hydroxylation is 1. The van der Waals surface area contributed by atoms with Crippen molar-refractivity contribution in [2.75, 3.05) is 20.1 Å². The van der Waals surface area contributed by atoms with Gasteiger partial charge in [0, 0.05) is 18.5 Å². The molecule has 1 saturated heterocycles. The number of likely N-dealkylation sites (tertiary alicyclic amines) is 1. The van der Waals surface area contributed by atoms with E-state index in [0.717, 1.165) is 23.6 Å². The van der Waals surface area contributed by atoms with Gasteiger partial charge in [-0.15, -0.1) is 0 Å². The molecule has 0 radical (unpaired) electrons. The molecule has 25 heavy (non-hydrogen) atoms. The minimum atomic E-state index is -3.72. The van der Waals surface area contributed by atoms with Gasteiger partial charge in [-0.05, 0) is 49.6 Å². The van der Waals surface area contributed by atoms with Crippen molar-refractivity contribution in [1.29, 1.82) is 0 Å². The van der Waals surface area contributed by atoms with Gasteiger partial charge < -0.3 is 4.90 Å². The summed E-state index contributed by atoms with van der Waals surface area (Å²) in [6.45, 7) is 4.28. The number of nitrogens with zero attached hydrogens (tertiary/aromatic N) is 1. The molecule has 4 nitrogen and oxygen atoms in total. The summed E-state index contributed by atoms with van der Waals surface area (Å²) in [5.41, 5.74) is 3.60. The fraction of sp³-hybridized carbons (Fsp3) is 0.400. The second kappa shape index (κ2) is 5.94. The van der Waals surface area contributed by atoms with Crippen molar-refractivity contribution in [1.82, 2.24) is 4.90 Å². The van der Waals surface area contributed by atoms with Crippen LogP contribution in [0.1, 0.15) is 23.1 Å². The largest absolute Gasteiger partial charge is 0.305 e. The van der Waals surface area contributed by atoms with Crippen LogP contribution in [0.25, 0.3) is 0 Å². The van der Waals surface area contributed by atoms with Crippen LogP contribution in [0.3, 0.4) is 0 Å². The van der Waals surface area contributed by atoms with Crippen LogP contribution >= 0.6 is 0 Å². The molecule has 1 saturated carbocycles. The Morgan fingerprint density at radius 2 is 1.80 bits per heavy atom. The van der Waals surface area contributed by atoms with E-state index in [1.807, 2.05) is 19.1 Å². The van der Waals surface area contributed by atoms with Crippen molar-refractivity contribution in [3.8, 4) is 0 Å². The van der Waals surface area contributed by atoms with Crippen molar-refractivity contribution in [3.63, 3.8) is 0 Å². The minimum absolute atomic E-state index is 0.0623. The topological polar surface area (TPSA) is 46.6 Å². The lowest BCUT2D eigenvalue weighted by Crippen LogP contribution is -2.22. The molecule has 0 N–H and O–H groups in total. The third kappa shape index (κ3) is 3.12. The summed E-state index contributed by atoms with van der Waals surface area (Å²) in [6, 6.07) is 15.0. The van der Waals surface area contributed by atoms with Crippen LogP contribution in [0.15, 0.2) is 53.4 Å². The van der Waals surface area contributed by atoms with Gasteiger partial charge in [-0.3, -0.25) is 4.18 Å². The third-order valence-electron chi connectivity index (χ3n) is 5.54. The first-order chi connectivity index (χ1) is 11.9. The van der Waals surface area contributed by atoms with Gasteiger partial charge in [0.2, 0.25) is 0 Å². The fourth-order valence-electron chi connectivity index (χ4n) is 4.03. The highest BCUT2D eigenvalue weighted by Crippen LogP contribution is 2.58. The van der Waals surface area contributed by atoms with E-state index in [1.165, 1.54) is 18.5 Å². The van der Waals surface area contributed by atoms with E-state index in [2.05, 4.69) is 24.1 Å². The van der Waals surface area contributed by atoms with E-state index in [4.69, 9.17) is 4.18 Å². The lowest BCUT2D eigenvalue weighted by Gasteiger charge is -2.17. The zero-order valence-electron chi connectivity index (χ0n) is 14.6. The van der Waals surface area contributed by atoms with Crippen LogP contribution in [0.4, 0.5) is 0 Å². The number of benzene rings is 2. The van der Waals surface area contributed by atoms with Gasteiger partial charge in [-0.1, -0.05) is 42.0 Å². The first-order valence-corrected chi connectivity index (χ1v) is 10.0. The monoisotopic (exact) mass is 357 g/mol. The summed E-state index contributed by atoms with van der Waals surface area (Å²) in [5.74, 6) is 0.779. The van der Waals surface area contributed by atoms with E-state index in [9.17, 15) is 8.42 Å². The maximum absolute atomic E-state index is 12.3. The number of hydrogen-bond acceptors (Lipinski definition) is 4. The fourth-order valence-corrected chi connectivity index (χ4v) is 4.93. The Hall–Kier alpha value is -1.69. The molecule has 4 rings (SSSR count). The van der Waals surface area contributed by atoms with E-state index >= 15 is 0 Å². The molecule has 0 aromatic heterocycles. The van der Waals surface area contributed by atoms with Gasteiger partial charge in [0.25, 0.3) is 10.1 Å². The molecular weight excluding hydrogens is 334 g/mol. The summed E-state index contributed by atoms with van der Waals surface area (Å²) in [4.78, 5) is 2.59. The van der Waals surface area contributed by atoms with Gasteiger partial charge in [0.1, 0.15) is 0 Å². The highest BCUT2D eigenvalue weighted by atomic mass is 32.2. The SMILES string of the molecule is Cc1ccc(S(=O)(=O)OCc2ccc([C@@]34C[C@@H]3CN(C)C4)cc2)cc1. The predicted molar refractivity (Wildman–Crippen MR) is 96.9 cm³/mol. The third-order valence-corrected chi connectivity index (χ3v) is 6.81. The molecule has 5 heteroatoms. The van der Waals surface area contributed by atoms with Crippen LogP contribution in [0.2, 0.25) is 0 Å². The summed E-state index contributed by atoms with van der Waals surface area (Å²) in [7, 11) is -1.55. The molecule has 132 valence electrons. The number of likely N-dealkylation sites (N-methyl/N-ethyl adjacent to an activating group) is 1. The molecule has 1 aliphatic carbocycles. The number of fused-ring (bicyclic) bond motifs is 1. The van der Waals surface area contributed by atoms with Crippen LogP contribution in [0.5, 0.6) is 0 Å². The molecular formula is C20H23NO3S. The Labute approximate surface area is 149 Å². The highest BCUT2D eigenvalue weighted by Gasteiger charge is 2.59. The standard InChI is InChI=1S/C20H23NO3S/c1-15-3-9-19(10-4-15)25(22,23)24-13-16-5-7-17(8-6-16)20-11-18(20)12-21(2)14-20/h3-10,18H,11-14H2,1-2H3/t18-,20+/m1/s1. The Kier molecular flexibility index (Phi) is 3.98. The molecule has 1 aliphatic heterocycles. The summed E-state index contributed by atoms with van der Waals surface area (Å²) in [5, 5.41) is 0. The van der Waals surface area contributed by atoms with Gasteiger partial charge in [0.15, 0.2) is 0 Å². The molecule has 2 aliphatic rings. The second-order valence-corrected chi connectivity index (χ2v) is 9.10. The molecule has 2 aromatic rings. The van der Waals surface area contributed by atoms with Gasteiger partial charge in [-0.25, -0.2) is 0 Å². The highest BCUT2D eigenvalue weighted by molar-refractivity contribution is 7.86. The van der Waals surface area contributed by atoms with Crippen molar-refractivity contribution in [2.24, 2.45) is 5.92 Å². The number of piperidine rings is 1. The average molecular weight is 357 g/mol. The van der Waals surface area contributed by atoms with Crippen LogP contribution in [0, 0.1) is 12.8 Å². The predicted octanol–water partition coefficient (Wildman–Crippen LogP) is 3.10. The molecule has 2 atom stereocenters. The molecule has 0 bridgehead atoms. The molecule has 2 aromatic carbocycles. The minimum Gasteiger partial charge on any atom is -0.305 e. The maximum atomic E-state index is 12.3. The summed E-state index contributed by atoms with van der Waals surface area (Å²) in [6.07, 6.45) is 1.27. The smallest absolute Gasteiger partial charge is 0.297 e. The first-order valence-electron chi connectivity index (χ1n) is 8.63. The molecule has 0 spiro atoms. The van der Waals surface area contributed by atoms with Crippen LogP contribution < -0.4 is 0 Å². The maximum Gasteiger partial charge on any atom is 0.297 e. The van der Waals surface area contributed by atoms with Gasteiger partial charge in [-0.2, -0.15) is 8.42 Å². The number of rotatable bonds is 5. The van der Waals surface area contributed by atoms with Crippen molar-refractivity contribution < 1.29 is 12.6 Å².